The summed E-state index contributed by atoms with van der Waals surface area (Å²) >= 11 is 1.40. The molecule has 0 aliphatic heterocycles. The zero-order valence-corrected chi connectivity index (χ0v) is 12.2. The summed E-state index contributed by atoms with van der Waals surface area (Å²) < 4.78 is 10.3. The third-order valence-electron chi connectivity index (χ3n) is 3.04. The van der Waals surface area contributed by atoms with Crippen LogP contribution in [0.25, 0.3) is 10.9 Å². The number of hydrogen-bond acceptors (Lipinski definition) is 5. The quantitative estimate of drug-likeness (QED) is 0.690. The molecule has 5 heteroatoms. The highest BCUT2D eigenvalue weighted by atomic mass is 32.2. The van der Waals surface area contributed by atoms with Crippen molar-refractivity contribution < 1.29 is 9.15 Å². The molecule has 0 N–H and O–H groups in total. The van der Waals surface area contributed by atoms with E-state index in [1.54, 1.807) is 19.2 Å². The largest absolute Gasteiger partial charge is 0.497 e. The Hall–Kier alpha value is -2.27. The van der Waals surface area contributed by atoms with Crippen molar-refractivity contribution in [2.75, 3.05) is 7.11 Å². The van der Waals surface area contributed by atoms with Crippen molar-refractivity contribution in [2.45, 2.75) is 11.0 Å². The predicted molar refractivity (Wildman–Crippen MR) is 82.8 cm³/mol. The first-order chi connectivity index (χ1) is 10.3. The van der Waals surface area contributed by atoms with Gasteiger partial charge in [0, 0.05) is 5.75 Å². The standard InChI is InChI=1S/C16H13NO3S/c1-19-12-8-6-11(7-9-12)10-21-16-17-14-5-3-2-4-13(14)15(18)20-16/h2-9H,10H2,1H3. The van der Waals surface area contributed by atoms with Gasteiger partial charge in [0.1, 0.15) is 5.75 Å². The van der Waals surface area contributed by atoms with Crippen LogP contribution in [0.4, 0.5) is 0 Å². The molecular formula is C16H13NO3S. The normalized spacial score (nSPS) is 10.7. The number of methoxy groups -OCH3 is 1. The lowest BCUT2D eigenvalue weighted by molar-refractivity contribution is 0.401. The average Bonchev–Trinajstić information content (AvgIpc) is 2.53. The molecule has 3 rings (SSSR count). The first-order valence-corrected chi connectivity index (χ1v) is 7.40. The maximum atomic E-state index is 11.9. The van der Waals surface area contributed by atoms with Gasteiger partial charge in [-0.2, -0.15) is 0 Å². The first-order valence-electron chi connectivity index (χ1n) is 6.42. The molecule has 21 heavy (non-hydrogen) atoms. The molecule has 4 nitrogen and oxygen atoms in total. The van der Waals surface area contributed by atoms with Crippen LogP contribution in [0.3, 0.4) is 0 Å². The second-order valence-electron chi connectivity index (χ2n) is 4.42. The lowest BCUT2D eigenvalue weighted by Gasteiger charge is -2.03. The van der Waals surface area contributed by atoms with Crippen LogP contribution in [0.15, 0.2) is 63.0 Å². The molecule has 0 saturated carbocycles. The summed E-state index contributed by atoms with van der Waals surface area (Å²) in [7, 11) is 1.64. The predicted octanol–water partition coefficient (Wildman–Crippen LogP) is 3.49. The zero-order chi connectivity index (χ0) is 14.7. The van der Waals surface area contributed by atoms with Crippen LogP contribution in [-0.4, -0.2) is 12.1 Å². The van der Waals surface area contributed by atoms with Crippen LogP contribution in [0.1, 0.15) is 5.56 Å². The number of rotatable bonds is 4. The topological polar surface area (TPSA) is 52.3 Å². The fraction of sp³-hybridized carbons (Fsp3) is 0.125. The highest BCUT2D eigenvalue weighted by molar-refractivity contribution is 7.98. The minimum atomic E-state index is -0.349. The lowest BCUT2D eigenvalue weighted by atomic mass is 10.2. The van der Waals surface area contributed by atoms with Crippen LogP contribution in [0.5, 0.6) is 5.75 Å². The van der Waals surface area contributed by atoms with Gasteiger partial charge in [0.2, 0.25) is 0 Å². The number of benzene rings is 2. The van der Waals surface area contributed by atoms with Gasteiger partial charge in [-0.05, 0) is 29.8 Å². The number of aromatic nitrogens is 1. The van der Waals surface area contributed by atoms with E-state index in [1.165, 1.54) is 11.8 Å². The second-order valence-corrected chi connectivity index (χ2v) is 5.35. The maximum absolute atomic E-state index is 11.9. The highest BCUT2D eigenvalue weighted by Crippen LogP contribution is 2.22. The van der Waals surface area contributed by atoms with Gasteiger partial charge in [0.15, 0.2) is 0 Å². The number of nitrogens with zero attached hydrogens (tertiary/aromatic N) is 1. The molecule has 2 aromatic carbocycles. The SMILES string of the molecule is COc1ccc(CSc2nc3ccccc3c(=O)o2)cc1. The van der Waals surface area contributed by atoms with Gasteiger partial charge in [-0.1, -0.05) is 36.0 Å². The van der Waals surface area contributed by atoms with Gasteiger partial charge >= 0.3 is 5.63 Å². The Morgan fingerprint density at radius 3 is 2.67 bits per heavy atom. The van der Waals surface area contributed by atoms with Crippen molar-refractivity contribution in [3.63, 3.8) is 0 Å². The van der Waals surface area contributed by atoms with Gasteiger partial charge < -0.3 is 9.15 Å². The third kappa shape index (κ3) is 3.08. The summed E-state index contributed by atoms with van der Waals surface area (Å²) in [6, 6.07) is 14.9. The minimum Gasteiger partial charge on any atom is -0.497 e. The Morgan fingerprint density at radius 2 is 1.90 bits per heavy atom. The Kier molecular flexibility index (Phi) is 3.92. The molecule has 106 valence electrons. The van der Waals surface area contributed by atoms with E-state index in [-0.39, 0.29) is 5.63 Å². The van der Waals surface area contributed by atoms with Crippen molar-refractivity contribution in [1.29, 1.82) is 0 Å². The van der Waals surface area contributed by atoms with E-state index in [1.807, 2.05) is 36.4 Å². The average molecular weight is 299 g/mol. The van der Waals surface area contributed by atoms with Gasteiger partial charge in [-0.15, -0.1) is 0 Å². The van der Waals surface area contributed by atoms with Gasteiger partial charge in [-0.25, -0.2) is 9.78 Å². The molecule has 0 aliphatic rings. The van der Waals surface area contributed by atoms with E-state index in [9.17, 15) is 4.79 Å². The van der Waals surface area contributed by atoms with Crippen molar-refractivity contribution >= 4 is 22.7 Å². The summed E-state index contributed by atoms with van der Waals surface area (Å²) in [5, 5.41) is 0.890. The summed E-state index contributed by atoms with van der Waals surface area (Å²) in [6.45, 7) is 0. The Labute approximate surface area is 125 Å². The van der Waals surface area contributed by atoms with Crippen LogP contribution in [-0.2, 0) is 5.75 Å². The number of para-hydroxylation sites is 1. The van der Waals surface area contributed by atoms with Gasteiger partial charge in [-0.3, -0.25) is 0 Å². The molecule has 1 heterocycles. The van der Waals surface area contributed by atoms with E-state index in [4.69, 9.17) is 9.15 Å². The maximum Gasteiger partial charge on any atom is 0.347 e. The van der Waals surface area contributed by atoms with Crippen LogP contribution in [0.2, 0.25) is 0 Å². The van der Waals surface area contributed by atoms with Crippen molar-refractivity contribution in [1.82, 2.24) is 4.98 Å². The molecular weight excluding hydrogens is 286 g/mol. The summed E-state index contributed by atoms with van der Waals surface area (Å²) in [5.41, 5.74) is 1.42. The van der Waals surface area contributed by atoms with Crippen molar-refractivity contribution in [2.24, 2.45) is 0 Å². The van der Waals surface area contributed by atoms with E-state index in [2.05, 4.69) is 4.98 Å². The van der Waals surface area contributed by atoms with Crippen molar-refractivity contribution in [3.8, 4) is 5.75 Å². The van der Waals surface area contributed by atoms with Gasteiger partial charge in [0.05, 0.1) is 18.0 Å². The number of ether oxygens (including phenoxy) is 1. The Morgan fingerprint density at radius 1 is 1.14 bits per heavy atom. The summed E-state index contributed by atoms with van der Waals surface area (Å²) in [4.78, 5) is 16.2. The zero-order valence-electron chi connectivity index (χ0n) is 11.4. The third-order valence-corrected chi connectivity index (χ3v) is 3.94. The van der Waals surface area contributed by atoms with E-state index in [0.717, 1.165) is 11.3 Å². The first kappa shape index (κ1) is 13.7. The number of thioether (sulfide) groups is 1. The van der Waals surface area contributed by atoms with Crippen molar-refractivity contribution in [3.05, 3.63) is 64.5 Å². The van der Waals surface area contributed by atoms with Crippen LogP contribution >= 0.6 is 11.8 Å². The monoisotopic (exact) mass is 299 g/mol. The van der Waals surface area contributed by atoms with E-state index < -0.39 is 0 Å². The minimum absolute atomic E-state index is 0.349. The van der Waals surface area contributed by atoms with Crippen LogP contribution in [0, 0.1) is 0 Å². The number of hydrogen-bond donors (Lipinski definition) is 0. The molecule has 0 unspecified atom stereocenters. The highest BCUT2D eigenvalue weighted by Gasteiger charge is 2.06. The summed E-state index contributed by atoms with van der Waals surface area (Å²) in [5.74, 6) is 1.50. The Bertz CT molecular complexity index is 812. The molecule has 0 amide bonds. The number of fused-ring (bicyclic) bond motifs is 1. The van der Waals surface area contributed by atoms with E-state index >= 15 is 0 Å². The molecule has 0 atom stereocenters. The van der Waals surface area contributed by atoms with Crippen LogP contribution < -0.4 is 10.4 Å². The lowest BCUT2D eigenvalue weighted by Crippen LogP contribution is -2.02. The molecule has 0 bridgehead atoms. The summed E-state index contributed by atoms with van der Waals surface area (Å²) in [6.07, 6.45) is 0. The fourth-order valence-electron chi connectivity index (χ4n) is 1.93. The molecule has 0 fully saturated rings. The Balaban J connectivity index is 1.80. The fourth-order valence-corrected chi connectivity index (χ4v) is 2.71. The second kappa shape index (κ2) is 6.01. The van der Waals surface area contributed by atoms with E-state index in [0.29, 0.717) is 21.9 Å². The molecule has 1 aromatic heterocycles. The molecule has 0 saturated heterocycles. The molecule has 3 aromatic rings. The molecule has 0 aliphatic carbocycles. The molecule has 0 spiro atoms. The molecule has 0 radical (unpaired) electrons. The smallest absolute Gasteiger partial charge is 0.347 e. The van der Waals surface area contributed by atoms with Gasteiger partial charge in [0.25, 0.3) is 5.22 Å².